The van der Waals surface area contributed by atoms with E-state index in [1.54, 1.807) is 0 Å². The lowest BCUT2D eigenvalue weighted by molar-refractivity contribution is -0.137. The van der Waals surface area contributed by atoms with Crippen molar-refractivity contribution in [2.75, 3.05) is 0 Å². The van der Waals surface area contributed by atoms with Crippen molar-refractivity contribution < 1.29 is 18.3 Å². The molecular weight excluding hydrogens is 302 g/mol. The summed E-state index contributed by atoms with van der Waals surface area (Å²) in [5.41, 5.74) is 0.604. The number of nitrogens with zero attached hydrogens (tertiary/aromatic N) is 1. The Balaban J connectivity index is 3.14. The number of carboxylic acids is 1. The van der Waals surface area contributed by atoms with Gasteiger partial charge in [0.05, 0.1) is 17.4 Å². The van der Waals surface area contributed by atoms with Crippen molar-refractivity contribution in [2.24, 2.45) is 5.92 Å². The summed E-state index contributed by atoms with van der Waals surface area (Å²) in [6.45, 7) is 3.08. The molecule has 0 aliphatic carbocycles. The second kappa shape index (κ2) is 6.25. The van der Waals surface area contributed by atoms with Gasteiger partial charge in [0.15, 0.2) is 15.1 Å². The Bertz CT molecular complexity index is 661. The molecule has 0 aliphatic rings. The van der Waals surface area contributed by atoms with Crippen LogP contribution in [0, 0.1) is 17.2 Å². The van der Waals surface area contributed by atoms with Crippen molar-refractivity contribution in [1.82, 2.24) is 0 Å². The fourth-order valence-electron chi connectivity index (χ4n) is 1.89. The minimum Gasteiger partial charge on any atom is -0.480 e. The molecule has 0 amide bonds. The van der Waals surface area contributed by atoms with Crippen LogP contribution >= 0.6 is 11.6 Å². The number of rotatable bonds is 5. The molecule has 1 rings (SSSR count). The molecule has 0 aliphatic heterocycles. The van der Waals surface area contributed by atoms with Crippen LogP contribution in [0.2, 0.25) is 5.02 Å². The fourth-order valence-corrected chi connectivity index (χ4v) is 4.22. The molecule has 0 aromatic heterocycles. The third-order valence-electron chi connectivity index (χ3n) is 2.77. The molecule has 1 unspecified atom stereocenters. The van der Waals surface area contributed by atoms with Crippen LogP contribution in [0.5, 0.6) is 0 Å². The van der Waals surface area contributed by atoms with Crippen LogP contribution in [0.15, 0.2) is 18.2 Å². The second-order valence-corrected chi connectivity index (χ2v) is 7.26. The van der Waals surface area contributed by atoms with Gasteiger partial charge in [-0.2, -0.15) is 5.26 Å². The molecule has 0 radical (unpaired) electrons. The highest BCUT2D eigenvalue weighted by molar-refractivity contribution is 7.92. The molecule has 1 atom stereocenters. The summed E-state index contributed by atoms with van der Waals surface area (Å²) in [6, 6.07) is 6.12. The molecule has 1 aromatic rings. The lowest BCUT2D eigenvalue weighted by atomic mass is 10.1. The Morgan fingerprint density at radius 2 is 2.05 bits per heavy atom. The van der Waals surface area contributed by atoms with Crippen LogP contribution in [0.4, 0.5) is 0 Å². The van der Waals surface area contributed by atoms with E-state index in [1.807, 2.05) is 6.07 Å². The molecule has 0 spiro atoms. The lowest BCUT2D eigenvalue weighted by Crippen LogP contribution is -2.35. The molecule has 0 bridgehead atoms. The fraction of sp³-hybridized carbons (Fsp3) is 0.385. The van der Waals surface area contributed by atoms with Gasteiger partial charge >= 0.3 is 5.97 Å². The zero-order chi connectivity index (χ0) is 15.5. The number of benzene rings is 1. The van der Waals surface area contributed by atoms with E-state index >= 15 is 0 Å². The quantitative estimate of drug-likeness (QED) is 0.899. The maximum absolute atomic E-state index is 12.2. The SMILES string of the molecule is CC(C)C(C(=O)O)S(=O)(=O)Cc1ccc(C#N)cc1Cl. The summed E-state index contributed by atoms with van der Waals surface area (Å²) in [6.07, 6.45) is 0. The first-order chi connectivity index (χ1) is 9.19. The molecule has 7 heteroatoms. The van der Waals surface area contributed by atoms with Crippen molar-refractivity contribution in [3.8, 4) is 6.07 Å². The van der Waals surface area contributed by atoms with E-state index in [1.165, 1.54) is 32.0 Å². The smallest absolute Gasteiger partial charge is 0.322 e. The minimum atomic E-state index is -3.88. The minimum absolute atomic E-state index is 0.139. The summed E-state index contributed by atoms with van der Waals surface area (Å²) >= 11 is 5.92. The van der Waals surface area contributed by atoms with E-state index in [9.17, 15) is 13.2 Å². The average Bonchev–Trinajstić information content (AvgIpc) is 2.29. The van der Waals surface area contributed by atoms with Crippen molar-refractivity contribution >= 4 is 27.4 Å². The van der Waals surface area contributed by atoms with E-state index < -0.39 is 32.7 Å². The summed E-state index contributed by atoms with van der Waals surface area (Å²) < 4.78 is 24.4. The van der Waals surface area contributed by atoms with Crippen LogP contribution < -0.4 is 0 Å². The number of nitriles is 1. The summed E-state index contributed by atoms with van der Waals surface area (Å²) in [5.74, 6) is -2.38. The van der Waals surface area contributed by atoms with Gasteiger partial charge < -0.3 is 5.11 Å². The zero-order valence-corrected chi connectivity index (χ0v) is 12.6. The van der Waals surface area contributed by atoms with Gasteiger partial charge in [-0.05, 0) is 23.6 Å². The normalized spacial score (nSPS) is 12.9. The number of hydrogen-bond acceptors (Lipinski definition) is 4. The first-order valence-corrected chi connectivity index (χ1v) is 7.91. The molecule has 0 fully saturated rings. The molecule has 20 heavy (non-hydrogen) atoms. The van der Waals surface area contributed by atoms with E-state index in [-0.39, 0.29) is 10.6 Å². The van der Waals surface area contributed by atoms with Gasteiger partial charge in [0, 0.05) is 5.02 Å². The van der Waals surface area contributed by atoms with Crippen molar-refractivity contribution in [3.63, 3.8) is 0 Å². The molecule has 0 heterocycles. The predicted molar refractivity (Wildman–Crippen MR) is 75.1 cm³/mol. The number of carbonyl (C=O) groups is 1. The van der Waals surface area contributed by atoms with Gasteiger partial charge in [0.1, 0.15) is 0 Å². The van der Waals surface area contributed by atoms with Gasteiger partial charge in [0.2, 0.25) is 0 Å². The third-order valence-corrected chi connectivity index (χ3v) is 5.36. The zero-order valence-electron chi connectivity index (χ0n) is 11.0. The Kier molecular flexibility index (Phi) is 5.15. The Labute approximate surface area is 122 Å². The van der Waals surface area contributed by atoms with Crippen LogP contribution in [0.1, 0.15) is 25.0 Å². The highest BCUT2D eigenvalue weighted by Gasteiger charge is 2.35. The number of hydrogen-bond donors (Lipinski definition) is 1. The van der Waals surface area contributed by atoms with Gasteiger partial charge in [-0.15, -0.1) is 0 Å². The highest BCUT2D eigenvalue weighted by atomic mass is 35.5. The Hall–Kier alpha value is -1.58. The predicted octanol–water partition coefficient (Wildman–Crippen LogP) is 2.24. The summed E-state index contributed by atoms with van der Waals surface area (Å²) in [5, 5.41) is 16.4. The molecule has 5 nitrogen and oxygen atoms in total. The van der Waals surface area contributed by atoms with Crippen molar-refractivity contribution in [1.29, 1.82) is 5.26 Å². The number of sulfone groups is 1. The summed E-state index contributed by atoms with van der Waals surface area (Å²) in [4.78, 5) is 11.1. The van der Waals surface area contributed by atoms with E-state index in [4.69, 9.17) is 22.0 Å². The Morgan fingerprint density at radius 1 is 1.45 bits per heavy atom. The maximum Gasteiger partial charge on any atom is 0.322 e. The van der Waals surface area contributed by atoms with Gasteiger partial charge in [0.25, 0.3) is 0 Å². The number of halogens is 1. The first kappa shape index (κ1) is 16.5. The number of carboxylic acid groups (broad SMARTS) is 1. The molecule has 108 valence electrons. The van der Waals surface area contributed by atoms with Gasteiger partial charge in [-0.1, -0.05) is 31.5 Å². The van der Waals surface area contributed by atoms with Crippen molar-refractivity contribution in [3.05, 3.63) is 34.3 Å². The van der Waals surface area contributed by atoms with Crippen LogP contribution in [0.3, 0.4) is 0 Å². The highest BCUT2D eigenvalue weighted by Crippen LogP contribution is 2.24. The van der Waals surface area contributed by atoms with E-state index in [0.717, 1.165) is 0 Å². The van der Waals surface area contributed by atoms with Crippen LogP contribution in [0.25, 0.3) is 0 Å². The van der Waals surface area contributed by atoms with Crippen LogP contribution in [-0.2, 0) is 20.4 Å². The summed E-state index contributed by atoms with van der Waals surface area (Å²) in [7, 11) is -3.88. The largest absolute Gasteiger partial charge is 0.480 e. The topological polar surface area (TPSA) is 95.2 Å². The maximum atomic E-state index is 12.2. The van der Waals surface area contributed by atoms with Crippen LogP contribution in [-0.4, -0.2) is 24.7 Å². The lowest BCUT2D eigenvalue weighted by Gasteiger charge is -2.17. The molecule has 0 saturated carbocycles. The molecule has 0 saturated heterocycles. The van der Waals surface area contributed by atoms with Crippen molar-refractivity contribution in [2.45, 2.75) is 24.9 Å². The number of aliphatic carboxylic acids is 1. The molecular formula is C13H14ClNO4S. The standard InChI is InChI=1S/C13H14ClNO4S/c1-8(2)12(13(16)17)20(18,19)7-10-4-3-9(6-15)5-11(10)14/h3-5,8,12H,7H2,1-2H3,(H,16,17). The van der Waals surface area contributed by atoms with E-state index in [0.29, 0.717) is 5.56 Å². The van der Waals surface area contributed by atoms with Gasteiger partial charge in [-0.3, -0.25) is 4.79 Å². The second-order valence-electron chi connectivity index (χ2n) is 4.73. The average molecular weight is 316 g/mol. The van der Waals surface area contributed by atoms with Gasteiger partial charge in [-0.25, -0.2) is 8.42 Å². The first-order valence-electron chi connectivity index (χ1n) is 5.82. The molecule has 1 aromatic carbocycles. The monoisotopic (exact) mass is 315 g/mol. The Morgan fingerprint density at radius 3 is 2.45 bits per heavy atom. The van der Waals surface area contributed by atoms with E-state index in [2.05, 4.69) is 0 Å². The molecule has 1 N–H and O–H groups in total. The third kappa shape index (κ3) is 3.71.